The zero-order valence-electron chi connectivity index (χ0n) is 26.9. The van der Waals surface area contributed by atoms with Gasteiger partial charge < -0.3 is 33.6 Å². The van der Waals surface area contributed by atoms with Gasteiger partial charge in [-0.3, -0.25) is 19.2 Å². The summed E-state index contributed by atoms with van der Waals surface area (Å²) in [5.41, 5.74) is -4.96. The number of aliphatic hydroxyl groups excluding tert-OH is 2. The summed E-state index contributed by atoms with van der Waals surface area (Å²) in [6, 6.07) is 1.84. The molecular weight excluding hydrogens is 584 g/mol. The van der Waals surface area contributed by atoms with Crippen LogP contribution in [0.1, 0.15) is 79.2 Å². The van der Waals surface area contributed by atoms with Gasteiger partial charge in [0.15, 0.2) is 17.7 Å². The molecule has 1 spiro atoms. The first kappa shape index (κ1) is 31.0. The predicted octanol–water partition coefficient (Wildman–Crippen LogP) is 2.74. The number of rotatable bonds is 5. The largest absolute Gasteiger partial charge is 0.472 e. The van der Waals surface area contributed by atoms with Gasteiger partial charge in [0, 0.05) is 54.3 Å². The highest BCUT2D eigenvalue weighted by molar-refractivity contribution is 5.93. The second-order valence-electron chi connectivity index (χ2n) is 15.5. The molecule has 2 N–H and O–H groups in total. The highest BCUT2D eigenvalue weighted by Crippen LogP contribution is 2.83. The average molecular weight is 629 g/mol. The second kappa shape index (κ2) is 9.49. The maximum Gasteiger partial charge on any atom is 0.303 e. The molecule has 0 unspecified atom stereocenters. The molecule has 0 amide bonds. The number of carbonyl (C=O) groups excluding carboxylic acids is 4. The zero-order chi connectivity index (χ0) is 32.6. The number of aliphatic hydroxyl groups is 2. The predicted molar refractivity (Wildman–Crippen MR) is 154 cm³/mol. The molecule has 6 fully saturated rings. The molecule has 4 saturated carbocycles. The molecule has 2 bridgehead atoms. The van der Waals surface area contributed by atoms with E-state index >= 15 is 4.79 Å². The lowest BCUT2D eigenvalue weighted by Crippen LogP contribution is -2.82. The minimum Gasteiger partial charge on any atom is -0.472 e. The van der Waals surface area contributed by atoms with Crippen LogP contribution in [-0.4, -0.2) is 82.5 Å². The summed E-state index contributed by atoms with van der Waals surface area (Å²) in [5, 5.41) is 24.7. The molecule has 11 heteroatoms. The van der Waals surface area contributed by atoms with Gasteiger partial charge in [0.2, 0.25) is 0 Å². The Kier molecular flexibility index (Phi) is 6.54. The first-order chi connectivity index (χ1) is 21.0. The third kappa shape index (κ3) is 3.40. The number of epoxide rings is 1. The summed E-state index contributed by atoms with van der Waals surface area (Å²) < 4.78 is 30.3. The van der Waals surface area contributed by atoms with Crippen molar-refractivity contribution in [3.05, 3.63) is 24.2 Å². The van der Waals surface area contributed by atoms with Crippen LogP contribution in [0, 0.1) is 39.4 Å². The van der Waals surface area contributed by atoms with Crippen LogP contribution in [0.3, 0.4) is 0 Å². The number of fused-ring (bicyclic) bond motifs is 1. The number of furan rings is 1. The number of ketones is 2. The Morgan fingerprint density at radius 3 is 2.27 bits per heavy atom. The van der Waals surface area contributed by atoms with Crippen molar-refractivity contribution < 1.29 is 52.8 Å². The molecule has 1 aromatic rings. The van der Waals surface area contributed by atoms with Gasteiger partial charge in [0.25, 0.3) is 0 Å². The van der Waals surface area contributed by atoms with Gasteiger partial charge in [0.05, 0.1) is 42.9 Å². The molecule has 0 radical (unpaired) electrons. The van der Waals surface area contributed by atoms with E-state index < -0.39 is 93.3 Å². The molecule has 1 aromatic heterocycles. The van der Waals surface area contributed by atoms with E-state index in [2.05, 4.69) is 0 Å². The van der Waals surface area contributed by atoms with Crippen LogP contribution in [0.2, 0.25) is 0 Å². The van der Waals surface area contributed by atoms with Crippen molar-refractivity contribution in [1.82, 2.24) is 0 Å². The van der Waals surface area contributed by atoms with Gasteiger partial charge in [0.1, 0.15) is 17.8 Å². The summed E-state index contributed by atoms with van der Waals surface area (Å²) in [5.74, 6) is -4.15. The molecular formula is C34H44O11. The summed E-state index contributed by atoms with van der Waals surface area (Å²) in [6.07, 6.45) is -1.94. The Hall–Kier alpha value is -2.60. The SMILES string of the molecule is CC(=O)O[C@@H]1C[C@H](O)[C@@]23CO[C@@H](C(=O)C(C)C)[C@]1(C)[C@@H]2C[C@@H](O)[C@]1(C)[C@@H]3C(=O)[C@H](OC(C)=O)[C@@]2(C)[C@H](c3ccoc3)C[C@H]3O[C@]321. The van der Waals surface area contributed by atoms with E-state index in [4.69, 9.17) is 23.4 Å². The summed E-state index contributed by atoms with van der Waals surface area (Å²) in [7, 11) is 0. The second-order valence-corrected chi connectivity index (χ2v) is 15.5. The standard InChI is InChI=1S/C34H44O11/c1-15(2)25(39)28-30(5)20-11-21(37)32(7)27(33(20,14-42-28)22(38)12-23(30)43-16(3)35)26(40)29(44-17(4)36)31(6)19(18-8-9-41-13-18)10-24-34(31,32)45-24/h8-9,13,15,19-24,27-29,37-38H,10-12,14H2,1-7H3/t19-,20-,21+,22-,23+,24+,27-,28-,29-,30+,31+,32+,33+,34+/m0/s1. The molecule has 7 rings (SSSR count). The van der Waals surface area contributed by atoms with Gasteiger partial charge >= 0.3 is 11.9 Å². The fourth-order valence-electron chi connectivity index (χ4n) is 11.7. The van der Waals surface area contributed by atoms with E-state index in [1.165, 1.54) is 13.8 Å². The fourth-order valence-corrected chi connectivity index (χ4v) is 11.7. The molecule has 11 nitrogen and oxygen atoms in total. The first-order valence-corrected chi connectivity index (χ1v) is 16.1. The Morgan fingerprint density at radius 2 is 1.67 bits per heavy atom. The van der Waals surface area contributed by atoms with Crippen molar-refractivity contribution in [2.45, 2.75) is 116 Å². The van der Waals surface area contributed by atoms with E-state index in [1.54, 1.807) is 26.4 Å². The maximum atomic E-state index is 15.3. The highest BCUT2D eigenvalue weighted by Gasteiger charge is 2.92. The normalized spacial score (nSPS) is 51.0. The van der Waals surface area contributed by atoms with Crippen molar-refractivity contribution in [3.63, 3.8) is 0 Å². The van der Waals surface area contributed by atoms with E-state index in [9.17, 15) is 24.6 Å². The van der Waals surface area contributed by atoms with Crippen molar-refractivity contribution in [2.24, 2.45) is 39.4 Å². The van der Waals surface area contributed by atoms with Crippen molar-refractivity contribution >= 4 is 23.5 Å². The van der Waals surface area contributed by atoms with Gasteiger partial charge in [-0.25, -0.2) is 0 Å². The zero-order valence-corrected chi connectivity index (χ0v) is 26.9. The van der Waals surface area contributed by atoms with Crippen LogP contribution < -0.4 is 0 Å². The summed E-state index contributed by atoms with van der Waals surface area (Å²) in [6.45, 7) is 11.6. The maximum absolute atomic E-state index is 15.3. The van der Waals surface area contributed by atoms with E-state index in [1.807, 2.05) is 26.8 Å². The van der Waals surface area contributed by atoms with Crippen LogP contribution in [0.5, 0.6) is 0 Å². The van der Waals surface area contributed by atoms with E-state index in [-0.39, 0.29) is 37.3 Å². The van der Waals surface area contributed by atoms with Crippen molar-refractivity contribution in [3.8, 4) is 0 Å². The molecule has 4 aliphatic carbocycles. The molecule has 3 heterocycles. The fraction of sp³-hybridized carbons (Fsp3) is 0.765. The van der Waals surface area contributed by atoms with Crippen molar-refractivity contribution in [1.29, 1.82) is 0 Å². The Labute approximate surface area is 262 Å². The van der Waals surface area contributed by atoms with Crippen LogP contribution >= 0.6 is 0 Å². The smallest absolute Gasteiger partial charge is 0.303 e. The molecule has 6 aliphatic rings. The number of hydrogen-bond donors (Lipinski definition) is 2. The lowest BCUT2D eigenvalue weighted by Gasteiger charge is -2.73. The molecule has 2 saturated heterocycles. The van der Waals surface area contributed by atoms with Gasteiger partial charge in [-0.05, 0) is 30.4 Å². The van der Waals surface area contributed by atoms with E-state index in [0.29, 0.717) is 6.42 Å². The van der Waals surface area contributed by atoms with Gasteiger partial charge in [-0.2, -0.15) is 0 Å². The lowest BCUT2D eigenvalue weighted by atomic mass is 9.32. The Morgan fingerprint density at radius 1 is 0.978 bits per heavy atom. The lowest BCUT2D eigenvalue weighted by molar-refractivity contribution is -0.339. The van der Waals surface area contributed by atoms with Crippen LogP contribution in [0.4, 0.5) is 0 Å². The molecule has 45 heavy (non-hydrogen) atoms. The van der Waals surface area contributed by atoms with Crippen LogP contribution in [-0.2, 0) is 38.1 Å². The first-order valence-electron chi connectivity index (χ1n) is 16.1. The summed E-state index contributed by atoms with van der Waals surface area (Å²) in [4.78, 5) is 54.0. The minimum absolute atomic E-state index is 0.0157. The Balaban J connectivity index is 1.44. The number of esters is 2. The number of hydrogen-bond acceptors (Lipinski definition) is 11. The van der Waals surface area contributed by atoms with E-state index in [0.717, 1.165) is 5.56 Å². The third-order valence-corrected chi connectivity index (χ3v) is 13.5. The summed E-state index contributed by atoms with van der Waals surface area (Å²) >= 11 is 0. The quantitative estimate of drug-likeness (QED) is 0.364. The van der Waals surface area contributed by atoms with Gasteiger partial charge in [-0.15, -0.1) is 0 Å². The van der Waals surface area contributed by atoms with Crippen molar-refractivity contribution in [2.75, 3.05) is 6.61 Å². The Bertz CT molecular complexity index is 1450. The monoisotopic (exact) mass is 628 g/mol. The van der Waals surface area contributed by atoms with Crippen LogP contribution in [0.15, 0.2) is 23.0 Å². The number of carbonyl (C=O) groups is 4. The topological polar surface area (TPSA) is 162 Å². The minimum atomic E-state index is -1.29. The van der Waals surface area contributed by atoms with Gasteiger partial charge in [-0.1, -0.05) is 34.6 Å². The third-order valence-electron chi connectivity index (χ3n) is 13.5. The average Bonchev–Trinajstić information content (AvgIpc) is 3.32. The molecule has 246 valence electrons. The highest BCUT2D eigenvalue weighted by atomic mass is 16.6. The molecule has 2 aliphatic heterocycles. The van der Waals surface area contributed by atoms with Crippen LogP contribution in [0.25, 0.3) is 0 Å². The molecule has 0 aromatic carbocycles. The molecule has 14 atom stereocenters. The number of ether oxygens (including phenoxy) is 4. The number of Topliss-reactive ketones (excluding diaryl/α,β-unsaturated/α-hetero) is 2.